The Labute approximate surface area is 123 Å². The number of carbonyl (C=O) groups is 4. The maximum atomic E-state index is 12.3. The van der Waals surface area contributed by atoms with Crippen molar-refractivity contribution in [2.45, 2.75) is 51.0 Å². The number of likely N-dealkylation sites (tertiary alicyclic amines) is 2. The summed E-state index contributed by atoms with van der Waals surface area (Å²) in [6, 6.07) is -0.145. The number of carbonyl (C=O) groups excluding carboxylic acids is 4. The van der Waals surface area contributed by atoms with Crippen LogP contribution in [0.25, 0.3) is 0 Å². The van der Waals surface area contributed by atoms with Crippen LogP contribution in [0.15, 0.2) is 0 Å². The van der Waals surface area contributed by atoms with Gasteiger partial charge in [-0.3, -0.25) is 24.1 Å². The van der Waals surface area contributed by atoms with E-state index in [1.807, 2.05) is 0 Å². The second kappa shape index (κ2) is 6.69. The minimum Gasteiger partial charge on any atom is -0.370 e. The van der Waals surface area contributed by atoms with Crippen molar-refractivity contribution in [1.29, 1.82) is 0 Å². The molecule has 1 unspecified atom stereocenters. The van der Waals surface area contributed by atoms with Crippen LogP contribution in [-0.2, 0) is 19.2 Å². The van der Waals surface area contributed by atoms with E-state index < -0.39 is 5.91 Å². The van der Waals surface area contributed by atoms with Crippen LogP contribution in [0, 0.1) is 0 Å². The Morgan fingerprint density at radius 3 is 2.43 bits per heavy atom. The number of piperidine rings is 1. The topological polar surface area (TPSA) is 101 Å². The highest BCUT2D eigenvalue weighted by Gasteiger charge is 2.31. The number of hydrogen-bond acceptors (Lipinski definition) is 4. The lowest BCUT2D eigenvalue weighted by Crippen LogP contribution is -2.46. The van der Waals surface area contributed by atoms with E-state index in [1.54, 1.807) is 4.90 Å². The van der Waals surface area contributed by atoms with Crippen molar-refractivity contribution in [3.63, 3.8) is 0 Å². The van der Waals surface area contributed by atoms with Gasteiger partial charge in [0.2, 0.25) is 23.6 Å². The molecule has 7 heteroatoms. The molecule has 2 aliphatic heterocycles. The number of nitrogens with zero attached hydrogens (tertiary/aromatic N) is 2. The first-order chi connectivity index (χ1) is 9.99. The largest absolute Gasteiger partial charge is 0.370 e. The van der Waals surface area contributed by atoms with Crippen LogP contribution >= 0.6 is 0 Å². The molecular formula is C14H21N3O4. The summed E-state index contributed by atoms with van der Waals surface area (Å²) in [5.41, 5.74) is 5.22. The Balaban J connectivity index is 1.90. The molecule has 2 saturated heterocycles. The van der Waals surface area contributed by atoms with Crippen LogP contribution in [0.4, 0.5) is 0 Å². The fourth-order valence-electron chi connectivity index (χ4n) is 3.00. The zero-order valence-corrected chi connectivity index (χ0v) is 12.0. The third kappa shape index (κ3) is 3.80. The maximum Gasteiger partial charge on any atom is 0.229 e. The lowest BCUT2D eigenvalue weighted by atomic mass is 9.98. The number of imide groups is 1. The van der Waals surface area contributed by atoms with Gasteiger partial charge in [0.1, 0.15) is 0 Å². The number of primary amides is 1. The summed E-state index contributed by atoms with van der Waals surface area (Å²) in [4.78, 5) is 49.2. The quantitative estimate of drug-likeness (QED) is 0.709. The van der Waals surface area contributed by atoms with Gasteiger partial charge in [-0.05, 0) is 19.3 Å². The maximum absolute atomic E-state index is 12.3. The minimum atomic E-state index is -0.412. The fourth-order valence-corrected chi connectivity index (χ4v) is 3.00. The summed E-state index contributed by atoms with van der Waals surface area (Å²) < 4.78 is 0. The number of nitrogens with two attached hydrogens (primary N) is 1. The van der Waals surface area contributed by atoms with Crippen LogP contribution < -0.4 is 5.73 Å². The van der Waals surface area contributed by atoms with Crippen molar-refractivity contribution in [1.82, 2.24) is 9.80 Å². The van der Waals surface area contributed by atoms with Gasteiger partial charge >= 0.3 is 0 Å². The second-order valence-electron chi connectivity index (χ2n) is 5.60. The average molecular weight is 295 g/mol. The monoisotopic (exact) mass is 295 g/mol. The van der Waals surface area contributed by atoms with Crippen molar-refractivity contribution in [2.75, 3.05) is 13.1 Å². The molecule has 2 fully saturated rings. The van der Waals surface area contributed by atoms with Gasteiger partial charge in [-0.25, -0.2) is 0 Å². The van der Waals surface area contributed by atoms with Crippen LogP contribution in [-0.4, -0.2) is 52.6 Å². The van der Waals surface area contributed by atoms with Gasteiger partial charge in [-0.1, -0.05) is 0 Å². The molecule has 2 rings (SSSR count). The first-order valence-corrected chi connectivity index (χ1v) is 7.40. The van der Waals surface area contributed by atoms with Gasteiger partial charge in [0.05, 0.1) is 0 Å². The summed E-state index contributed by atoms with van der Waals surface area (Å²) in [5, 5.41) is 0. The first kappa shape index (κ1) is 15.5. The Hall–Kier alpha value is -1.92. The predicted molar refractivity (Wildman–Crippen MR) is 73.7 cm³/mol. The summed E-state index contributed by atoms with van der Waals surface area (Å²) in [7, 11) is 0. The van der Waals surface area contributed by atoms with E-state index in [2.05, 4.69) is 0 Å². The van der Waals surface area contributed by atoms with Crippen LogP contribution in [0.5, 0.6) is 0 Å². The van der Waals surface area contributed by atoms with Crippen molar-refractivity contribution in [2.24, 2.45) is 5.73 Å². The molecule has 2 heterocycles. The summed E-state index contributed by atoms with van der Waals surface area (Å²) >= 11 is 0. The van der Waals surface area contributed by atoms with Crippen molar-refractivity contribution in [3.05, 3.63) is 0 Å². The normalized spacial score (nSPS) is 22.8. The zero-order valence-electron chi connectivity index (χ0n) is 12.0. The van der Waals surface area contributed by atoms with E-state index >= 15 is 0 Å². The van der Waals surface area contributed by atoms with Crippen LogP contribution in [0.1, 0.15) is 44.9 Å². The molecule has 0 aromatic rings. The van der Waals surface area contributed by atoms with Gasteiger partial charge in [0.15, 0.2) is 0 Å². The van der Waals surface area contributed by atoms with Crippen LogP contribution in [0.3, 0.4) is 0 Å². The SMILES string of the molecule is NC(=O)CC1CCCCN1C(=O)CCN1C(=O)CCC1=O. The molecule has 0 aromatic heterocycles. The molecule has 4 amide bonds. The summed E-state index contributed by atoms with van der Waals surface area (Å²) in [6.07, 6.45) is 3.42. The fraction of sp³-hybridized carbons (Fsp3) is 0.714. The van der Waals surface area contributed by atoms with E-state index in [-0.39, 0.29) is 56.0 Å². The Morgan fingerprint density at radius 2 is 1.81 bits per heavy atom. The Morgan fingerprint density at radius 1 is 1.14 bits per heavy atom. The second-order valence-corrected chi connectivity index (χ2v) is 5.60. The van der Waals surface area contributed by atoms with Gasteiger partial charge < -0.3 is 10.6 Å². The van der Waals surface area contributed by atoms with E-state index in [4.69, 9.17) is 5.73 Å². The molecule has 0 aliphatic carbocycles. The molecule has 2 aliphatic rings. The molecule has 2 N–H and O–H groups in total. The molecule has 0 bridgehead atoms. The van der Waals surface area contributed by atoms with Gasteiger partial charge in [0.25, 0.3) is 0 Å². The highest BCUT2D eigenvalue weighted by molar-refractivity contribution is 6.02. The smallest absolute Gasteiger partial charge is 0.229 e. The lowest BCUT2D eigenvalue weighted by Gasteiger charge is -2.35. The summed E-state index contributed by atoms with van der Waals surface area (Å²) in [6.45, 7) is 0.745. The van der Waals surface area contributed by atoms with Crippen molar-refractivity contribution in [3.8, 4) is 0 Å². The van der Waals surface area contributed by atoms with Gasteiger partial charge in [-0.15, -0.1) is 0 Å². The standard InChI is InChI=1S/C14H21N3O4/c15-11(18)9-10-3-1-2-7-16(10)14(21)6-8-17-12(19)4-5-13(17)20/h10H,1-9H2,(H2,15,18). The van der Waals surface area contributed by atoms with Gasteiger partial charge in [-0.2, -0.15) is 0 Å². The summed E-state index contributed by atoms with van der Waals surface area (Å²) in [5.74, 6) is -0.946. The number of amides is 4. The molecule has 0 radical (unpaired) electrons. The third-order valence-electron chi connectivity index (χ3n) is 4.09. The highest BCUT2D eigenvalue weighted by atomic mass is 16.2. The van der Waals surface area contributed by atoms with Gasteiger partial charge in [0, 0.05) is 44.8 Å². The molecule has 0 aromatic carbocycles. The zero-order chi connectivity index (χ0) is 15.4. The molecule has 116 valence electrons. The van der Waals surface area contributed by atoms with E-state index in [0.29, 0.717) is 6.54 Å². The Kier molecular flexibility index (Phi) is 4.93. The van der Waals surface area contributed by atoms with Crippen LogP contribution in [0.2, 0.25) is 0 Å². The lowest BCUT2D eigenvalue weighted by molar-refractivity contribution is -0.140. The molecule has 0 saturated carbocycles. The Bertz CT molecular complexity index is 447. The van der Waals surface area contributed by atoms with Crippen molar-refractivity contribution >= 4 is 23.6 Å². The highest BCUT2D eigenvalue weighted by Crippen LogP contribution is 2.21. The minimum absolute atomic E-state index is 0.117. The van der Waals surface area contributed by atoms with E-state index in [1.165, 1.54) is 0 Å². The number of hydrogen-bond donors (Lipinski definition) is 1. The van der Waals surface area contributed by atoms with Crippen molar-refractivity contribution < 1.29 is 19.2 Å². The molecular weight excluding hydrogens is 274 g/mol. The molecule has 21 heavy (non-hydrogen) atoms. The first-order valence-electron chi connectivity index (χ1n) is 7.40. The average Bonchev–Trinajstić information content (AvgIpc) is 2.75. The van der Waals surface area contributed by atoms with E-state index in [9.17, 15) is 19.2 Å². The molecule has 0 spiro atoms. The number of rotatable bonds is 5. The van der Waals surface area contributed by atoms with E-state index in [0.717, 1.165) is 24.2 Å². The predicted octanol–water partition coefficient (Wildman–Crippen LogP) is -0.218. The molecule has 1 atom stereocenters. The third-order valence-corrected chi connectivity index (χ3v) is 4.09. The molecule has 7 nitrogen and oxygen atoms in total.